The smallest absolute Gasteiger partial charge is 0.117 e. The molecule has 0 heterocycles. The Hall–Kier alpha value is -1.23. The van der Waals surface area contributed by atoms with E-state index in [1.54, 1.807) is 6.08 Å². The number of allylic oxidation sites excluding steroid dienone is 4. The largest absolute Gasteiger partial charge is 0.390 e. The van der Waals surface area contributed by atoms with Gasteiger partial charge in [0.05, 0.1) is 0 Å². The monoisotopic (exact) mass is 122 g/mol. The van der Waals surface area contributed by atoms with Gasteiger partial charge in [-0.1, -0.05) is 11.6 Å². The quantitative estimate of drug-likeness (QED) is 0.421. The van der Waals surface area contributed by atoms with E-state index in [9.17, 15) is 0 Å². The van der Waals surface area contributed by atoms with Crippen molar-refractivity contribution in [3.63, 3.8) is 0 Å². The van der Waals surface area contributed by atoms with Crippen LogP contribution < -0.4 is 5.73 Å². The number of nitrogens with zero attached hydrogens (tertiary/aromatic N) is 1. The van der Waals surface area contributed by atoms with Crippen LogP contribution in [0.3, 0.4) is 0 Å². The van der Waals surface area contributed by atoms with E-state index in [1.807, 2.05) is 26.0 Å². The van der Waals surface area contributed by atoms with Crippen LogP contribution in [0, 0.1) is 11.3 Å². The van der Waals surface area contributed by atoms with Crippen molar-refractivity contribution in [3.8, 4) is 6.07 Å². The maximum atomic E-state index is 8.21. The third-order valence-corrected chi connectivity index (χ3v) is 0.968. The van der Waals surface area contributed by atoms with Gasteiger partial charge in [-0.15, -0.1) is 0 Å². The average Bonchev–Trinajstić information content (AvgIpc) is 1.87. The fourth-order valence-corrected chi connectivity index (χ4v) is 0.361. The summed E-state index contributed by atoms with van der Waals surface area (Å²) >= 11 is 0. The molecular weight excluding hydrogens is 112 g/mol. The minimum atomic E-state index is 0.255. The van der Waals surface area contributed by atoms with Gasteiger partial charge in [0.25, 0.3) is 0 Å². The third-order valence-electron chi connectivity index (χ3n) is 0.968. The second-order valence-corrected chi connectivity index (χ2v) is 1.74. The highest BCUT2D eigenvalue weighted by Crippen LogP contribution is 1.94. The van der Waals surface area contributed by atoms with Gasteiger partial charge in [-0.2, -0.15) is 5.26 Å². The van der Waals surface area contributed by atoms with Gasteiger partial charge in [0.1, 0.15) is 11.8 Å². The Morgan fingerprint density at radius 3 is 2.56 bits per heavy atom. The number of hydrogen-bond donors (Lipinski definition) is 1. The summed E-state index contributed by atoms with van der Waals surface area (Å²) in [7, 11) is 0. The third kappa shape index (κ3) is 3.36. The lowest BCUT2D eigenvalue weighted by Gasteiger charge is -1.86. The highest BCUT2D eigenvalue weighted by atomic mass is 14.6. The molecule has 0 bridgehead atoms. The van der Waals surface area contributed by atoms with Crippen LogP contribution in [0.15, 0.2) is 23.4 Å². The topological polar surface area (TPSA) is 49.8 Å². The molecule has 0 aliphatic rings. The standard InChI is InChI=1S/C7H10N2/c1-3-6(2)4-7(9)5-8/h3-4H,9H2,1-2H3/b6-3+,7-4-. The Balaban J connectivity index is 4.17. The molecule has 0 amide bonds. The number of rotatable bonds is 1. The molecule has 9 heavy (non-hydrogen) atoms. The van der Waals surface area contributed by atoms with Crippen LogP contribution in [0.2, 0.25) is 0 Å². The van der Waals surface area contributed by atoms with E-state index < -0.39 is 0 Å². The van der Waals surface area contributed by atoms with Gasteiger partial charge < -0.3 is 5.73 Å². The lowest BCUT2D eigenvalue weighted by atomic mass is 10.2. The van der Waals surface area contributed by atoms with E-state index >= 15 is 0 Å². The Morgan fingerprint density at radius 2 is 2.22 bits per heavy atom. The summed E-state index contributed by atoms with van der Waals surface area (Å²) in [6.07, 6.45) is 3.53. The van der Waals surface area contributed by atoms with Crippen LogP contribution in [-0.2, 0) is 0 Å². The molecule has 0 aliphatic heterocycles. The molecule has 0 aliphatic carbocycles. The van der Waals surface area contributed by atoms with E-state index in [2.05, 4.69) is 0 Å². The molecule has 0 unspecified atom stereocenters. The van der Waals surface area contributed by atoms with E-state index in [-0.39, 0.29) is 5.70 Å². The Kier molecular flexibility index (Phi) is 3.22. The molecule has 0 saturated heterocycles. The van der Waals surface area contributed by atoms with Gasteiger partial charge in [-0.3, -0.25) is 0 Å². The van der Waals surface area contributed by atoms with Crippen molar-refractivity contribution in [1.82, 2.24) is 0 Å². The van der Waals surface area contributed by atoms with Crippen LogP contribution in [-0.4, -0.2) is 0 Å². The van der Waals surface area contributed by atoms with Crippen LogP contribution in [0.1, 0.15) is 13.8 Å². The summed E-state index contributed by atoms with van der Waals surface area (Å²) < 4.78 is 0. The van der Waals surface area contributed by atoms with Gasteiger partial charge in [-0.05, 0) is 19.9 Å². The average molecular weight is 122 g/mol. The molecule has 0 saturated carbocycles. The molecule has 2 heteroatoms. The zero-order valence-corrected chi connectivity index (χ0v) is 5.68. The molecule has 0 fully saturated rings. The van der Waals surface area contributed by atoms with Gasteiger partial charge in [-0.25, -0.2) is 0 Å². The highest BCUT2D eigenvalue weighted by Gasteiger charge is 1.83. The van der Waals surface area contributed by atoms with Gasteiger partial charge in [0.2, 0.25) is 0 Å². The van der Waals surface area contributed by atoms with Gasteiger partial charge in [0.15, 0.2) is 0 Å². The number of nitriles is 1. The Bertz CT molecular complexity index is 182. The minimum Gasteiger partial charge on any atom is -0.390 e. The van der Waals surface area contributed by atoms with Crippen LogP contribution in [0.4, 0.5) is 0 Å². The zero-order valence-electron chi connectivity index (χ0n) is 5.68. The molecule has 0 atom stereocenters. The highest BCUT2D eigenvalue weighted by molar-refractivity contribution is 5.27. The number of nitrogens with two attached hydrogens (primary N) is 1. The molecule has 0 rings (SSSR count). The molecule has 0 aromatic heterocycles. The minimum absolute atomic E-state index is 0.255. The predicted octanol–water partition coefficient (Wildman–Crippen LogP) is 1.32. The zero-order chi connectivity index (χ0) is 7.28. The summed E-state index contributed by atoms with van der Waals surface area (Å²) in [6, 6.07) is 1.83. The van der Waals surface area contributed by atoms with E-state index in [0.717, 1.165) is 5.57 Å². The molecule has 2 nitrogen and oxygen atoms in total. The predicted molar refractivity (Wildman–Crippen MR) is 37.3 cm³/mol. The maximum Gasteiger partial charge on any atom is 0.117 e. The van der Waals surface area contributed by atoms with Crippen molar-refractivity contribution in [2.75, 3.05) is 0 Å². The van der Waals surface area contributed by atoms with Gasteiger partial charge >= 0.3 is 0 Å². The van der Waals surface area contributed by atoms with Crippen molar-refractivity contribution >= 4 is 0 Å². The summed E-state index contributed by atoms with van der Waals surface area (Å²) in [5, 5.41) is 8.21. The summed E-state index contributed by atoms with van der Waals surface area (Å²) in [6.45, 7) is 3.79. The fourth-order valence-electron chi connectivity index (χ4n) is 0.361. The lowest BCUT2D eigenvalue weighted by molar-refractivity contribution is 1.35. The fraction of sp³-hybridized carbons (Fsp3) is 0.286. The second kappa shape index (κ2) is 3.73. The second-order valence-electron chi connectivity index (χ2n) is 1.74. The molecule has 0 spiro atoms. The maximum absolute atomic E-state index is 8.21. The van der Waals surface area contributed by atoms with Gasteiger partial charge in [0, 0.05) is 0 Å². The first-order valence-electron chi connectivity index (χ1n) is 2.71. The van der Waals surface area contributed by atoms with E-state index in [0.29, 0.717) is 0 Å². The SMILES string of the molecule is C/C=C(C)/C=C(\N)C#N. The van der Waals surface area contributed by atoms with Crippen LogP contribution in [0.5, 0.6) is 0 Å². The first-order chi connectivity index (χ1) is 4.20. The van der Waals surface area contributed by atoms with Crippen molar-refractivity contribution in [2.24, 2.45) is 5.73 Å². The Morgan fingerprint density at radius 1 is 1.67 bits per heavy atom. The lowest BCUT2D eigenvalue weighted by Crippen LogP contribution is -1.92. The van der Waals surface area contributed by atoms with Crippen molar-refractivity contribution < 1.29 is 0 Å². The van der Waals surface area contributed by atoms with Crippen molar-refractivity contribution in [2.45, 2.75) is 13.8 Å². The van der Waals surface area contributed by atoms with Crippen LogP contribution >= 0.6 is 0 Å². The summed E-state index contributed by atoms with van der Waals surface area (Å²) in [5.41, 5.74) is 6.47. The molecule has 2 N–H and O–H groups in total. The van der Waals surface area contributed by atoms with Crippen molar-refractivity contribution in [1.29, 1.82) is 5.26 Å². The van der Waals surface area contributed by atoms with Crippen LogP contribution in [0.25, 0.3) is 0 Å². The molecular formula is C7H10N2. The van der Waals surface area contributed by atoms with Crippen molar-refractivity contribution in [3.05, 3.63) is 23.4 Å². The van der Waals surface area contributed by atoms with E-state index in [4.69, 9.17) is 11.0 Å². The normalized spacial score (nSPS) is 13.0. The first kappa shape index (κ1) is 7.77. The van der Waals surface area contributed by atoms with E-state index in [1.165, 1.54) is 0 Å². The molecule has 0 aromatic carbocycles. The molecule has 48 valence electrons. The summed E-state index contributed by atoms with van der Waals surface area (Å²) in [5.74, 6) is 0. The first-order valence-corrected chi connectivity index (χ1v) is 2.71. The Labute approximate surface area is 55.3 Å². The summed E-state index contributed by atoms with van der Waals surface area (Å²) in [4.78, 5) is 0. The molecule has 0 aromatic rings. The molecule has 0 radical (unpaired) electrons. The number of hydrogen-bond acceptors (Lipinski definition) is 2.